The molecule has 1 atom stereocenters. The molecular weight excluding hydrogens is 361 g/mol. The van der Waals surface area contributed by atoms with E-state index >= 15 is 0 Å². The number of piperazine rings is 1. The molecular formula is C18H25ClFN3OS. The number of hydrogen-bond donors (Lipinski definition) is 0. The van der Waals surface area contributed by atoms with E-state index in [9.17, 15) is 9.18 Å². The molecule has 0 spiro atoms. The molecule has 25 heavy (non-hydrogen) atoms. The van der Waals surface area contributed by atoms with E-state index < -0.39 is 5.82 Å². The van der Waals surface area contributed by atoms with Crippen LogP contribution in [0.4, 0.5) is 4.39 Å². The van der Waals surface area contributed by atoms with E-state index in [0.717, 1.165) is 57.0 Å². The van der Waals surface area contributed by atoms with Gasteiger partial charge in [0.05, 0.1) is 5.02 Å². The van der Waals surface area contributed by atoms with Gasteiger partial charge >= 0.3 is 0 Å². The van der Waals surface area contributed by atoms with Gasteiger partial charge in [0.1, 0.15) is 11.2 Å². The van der Waals surface area contributed by atoms with Crippen LogP contribution in [0.2, 0.25) is 5.02 Å². The predicted octanol–water partition coefficient (Wildman–Crippen LogP) is 3.08. The molecule has 4 nitrogen and oxygen atoms in total. The number of rotatable bonds is 5. The van der Waals surface area contributed by atoms with Crippen LogP contribution in [-0.4, -0.2) is 72.7 Å². The number of likely N-dealkylation sites (N-methyl/N-ethyl adjacent to an activating group) is 1. The van der Waals surface area contributed by atoms with E-state index in [1.807, 2.05) is 4.90 Å². The largest absolute Gasteiger partial charge is 0.326 e. The van der Waals surface area contributed by atoms with E-state index in [1.54, 1.807) is 23.9 Å². The smallest absolute Gasteiger partial charge is 0.224 e. The van der Waals surface area contributed by atoms with Crippen LogP contribution in [0, 0.1) is 5.82 Å². The Morgan fingerprint density at radius 3 is 2.72 bits per heavy atom. The van der Waals surface area contributed by atoms with E-state index in [1.165, 1.54) is 6.07 Å². The van der Waals surface area contributed by atoms with Gasteiger partial charge in [0.2, 0.25) is 5.91 Å². The summed E-state index contributed by atoms with van der Waals surface area (Å²) in [6.45, 7) is 6.15. The lowest BCUT2D eigenvalue weighted by Gasteiger charge is -2.37. The van der Waals surface area contributed by atoms with Crippen LogP contribution in [-0.2, 0) is 4.79 Å². The van der Waals surface area contributed by atoms with Crippen molar-refractivity contribution in [2.24, 2.45) is 0 Å². The molecule has 2 heterocycles. The summed E-state index contributed by atoms with van der Waals surface area (Å²) >= 11 is 7.67. The Hall–Kier alpha value is -0.820. The lowest BCUT2D eigenvalue weighted by Crippen LogP contribution is -2.45. The maximum atomic E-state index is 13.4. The van der Waals surface area contributed by atoms with Crippen molar-refractivity contribution in [3.8, 4) is 0 Å². The third kappa shape index (κ3) is 4.88. The Kier molecular flexibility index (Phi) is 6.61. The van der Waals surface area contributed by atoms with Gasteiger partial charge < -0.3 is 14.7 Å². The van der Waals surface area contributed by atoms with Gasteiger partial charge in [0, 0.05) is 44.9 Å². The molecule has 0 N–H and O–H groups in total. The fourth-order valence-electron chi connectivity index (χ4n) is 3.34. The molecule has 2 saturated heterocycles. The van der Waals surface area contributed by atoms with Crippen LogP contribution >= 0.6 is 23.4 Å². The number of benzene rings is 1. The maximum Gasteiger partial charge on any atom is 0.224 e. The summed E-state index contributed by atoms with van der Waals surface area (Å²) in [5, 5.41) is 0.0559. The summed E-state index contributed by atoms with van der Waals surface area (Å²) in [6.07, 6.45) is 1.53. The van der Waals surface area contributed by atoms with Crippen molar-refractivity contribution in [1.29, 1.82) is 0 Å². The van der Waals surface area contributed by atoms with Crippen molar-refractivity contribution >= 4 is 29.3 Å². The van der Waals surface area contributed by atoms with E-state index in [2.05, 4.69) is 16.8 Å². The van der Waals surface area contributed by atoms with Crippen LogP contribution in [0.25, 0.3) is 0 Å². The second-order valence-corrected chi connectivity index (χ2v) is 8.33. The molecule has 7 heteroatoms. The third-order valence-corrected chi connectivity index (χ3v) is 6.46. The molecule has 2 aliphatic heterocycles. The highest BCUT2D eigenvalue weighted by atomic mass is 35.5. The van der Waals surface area contributed by atoms with Gasteiger partial charge in [0.15, 0.2) is 0 Å². The van der Waals surface area contributed by atoms with Crippen molar-refractivity contribution in [2.75, 3.05) is 52.1 Å². The van der Waals surface area contributed by atoms with Crippen LogP contribution in [0.15, 0.2) is 18.2 Å². The van der Waals surface area contributed by atoms with Gasteiger partial charge in [-0.15, -0.1) is 11.8 Å². The maximum absolute atomic E-state index is 13.4. The number of amides is 1. The van der Waals surface area contributed by atoms with E-state index in [4.69, 9.17) is 11.6 Å². The summed E-state index contributed by atoms with van der Waals surface area (Å²) in [7, 11) is 2.15. The zero-order chi connectivity index (χ0) is 17.8. The van der Waals surface area contributed by atoms with Crippen LogP contribution in [0.3, 0.4) is 0 Å². The summed E-state index contributed by atoms with van der Waals surface area (Å²) < 4.78 is 13.4. The SMILES string of the molecule is CN1CCN(CCCN2C(=O)CCSC2c2ccc(F)c(Cl)c2)CC1. The lowest BCUT2D eigenvalue weighted by atomic mass is 10.1. The second kappa shape index (κ2) is 8.71. The summed E-state index contributed by atoms with van der Waals surface area (Å²) in [5.41, 5.74) is 0.907. The average Bonchev–Trinajstić information content (AvgIpc) is 2.60. The van der Waals surface area contributed by atoms with Gasteiger partial charge in [-0.3, -0.25) is 4.79 Å². The Bertz CT molecular complexity index is 610. The van der Waals surface area contributed by atoms with Gasteiger partial charge in [-0.25, -0.2) is 4.39 Å². The number of thioether (sulfide) groups is 1. The molecule has 138 valence electrons. The summed E-state index contributed by atoms with van der Waals surface area (Å²) in [5.74, 6) is 0.565. The molecule has 0 aromatic heterocycles. The molecule has 1 aromatic rings. The van der Waals surface area contributed by atoms with Gasteiger partial charge in [-0.05, 0) is 37.7 Å². The quantitative estimate of drug-likeness (QED) is 0.778. The molecule has 0 saturated carbocycles. The minimum absolute atomic E-state index is 0.0631. The van der Waals surface area contributed by atoms with Crippen LogP contribution in [0.5, 0.6) is 0 Å². The number of carbonyl (C=O) groups excluding carboxylic acids is 1. The van der Waals surface area contributed by atoms with Crippen molar-refractivity contribution < 1.29 is 9.18 Å². The van der Waals surface area contributed by atoms with Gasteiger partial charge in [0.25, 0.3) is 0 Å². The second-order valence-electron chi connectivity index (χ2n) is 6.73. The van der Waals surface area contributed by atoms with E-state index in [-0.39, 0.29) is 16.3 Å². The van der Waals surface area contributed by atoms with Crippen molar-refractivity contribution in [3.05, 3.63) is 34.6 Å². The van der Waals surface area contributed by atoms with Gasteiger partial charge in [-0.2, -0.15) is 0 Å². The monoisotopic (exact) mass is 385 g/mol. The first-order valence-electron chi connectivity index (χ1n) is 8.81. The molecule has 0 radical (unpaired) electrons. The first-order chi connectivity index (χ1) is 12.0. The molecule has 0 aliphatic carbocycles. The highest BCUT2D eigenvalue weighted by Gasteiger charge is 2.30. The van der Waals surface area contributed by atoms with Crippen molar-refractivity contribution in [2.45, 2.75) is 18.2 Å². The van der Waals surface area contributed by atoms with Crippen LogP contribution in [0.1, 0.15) is 23.8 Å². The molecule has 1 amide bonds. The third-order valence-electron chi connectivity index (χ3n) is 4.89. The Labute approximate surface area is 158 Å². The summed E-state index contributed by atoms with van der Waals surface area (Å²) in [6, 6.07) is 4.78. The molecule has 0 bridgehead atoms. The zero-order valence-electron chi connectivity index (χ0n) is 14.6. The summed E-state index contributed by atoms with van der Waals surface area (Å²) in [4.78, 5) is 19.2. The zero-order valence-corrected chi connectivity index (χ0v) is 16.2. The number of carbonyl (C=O) groups is 1. The average molecular weight is 386 g/mol. The molecule has 2 aliphatic rings. The highest BCUT2D eigenvalue weighted by Crippen LogP contribution is 2.38. The molecule has 1 unspecified atom stereocenters. The van der Waals surface area contributed by atoms with E-state index in [0.29, 0.717) is 6.42 Å². The van der Waals surface area contributed by atoms with Crippen molar-refractivity contribution in [1.82, 2.24) is 14.7 Å². The Morgan fingerprint density at radius 2 is 2.00 bits per heavy atom. The van der Waals surface area contributed by atoms with Crippen molar-refractivity contribution in [3.63, 3.8) is 0 Å². The van der Waals surface area contributed by atoms with Crippen LogP contribution < -0.4 is 0 Å². The number of halogens is 2. The minimum atomic E-state index is -0.417. The Morgan fingerprint density at radius 1 is 1.24 bits per heavy atom. The lowest BCUT2D eigenvalue weighted by molar-refractivity contribution is -0.132. The standard InChI is InChI=1S/C18H25ClFN3OS/c1-21-8-10-22(11-9-21)6-2-7-23-17(24)5-12-25-18(23)14-3-4-16(20)15(19)13-14/h3-4,13,18H,2,5-12H2,1H3. The number of hydrogen-bond acceptors (Lipinski definition) is 4. The number of nitrogens with zero attached hydrogens (tertiary/aromatic N) is 3. The fourth-order valence-corrected chi connectivity index (χ4v) is 4.79. The fraction of sp³-hybridized carbons (Fsp3) is 0.611. The normalized spacial score (nSPS) is 23.2. The first-order valence-corrected chi connectivity index (χ1v) is 10.2. The first kappa shape index (κ1) is 19.0. The minimum Gasteiger partial charge on any atom is -0.326 e. The van der Waals surface area contributed by atoms with Gasteiger partial charge in [-0.1, -0.05) is 17.7 Å². The molecule has 3 rings (SSSR count). The molecule has 2 fully saturated rings. The topological polar surface area (TPSA) is 26.8 Å². The predicted molar refractivity (Wildman–Crippen MR) is 101 cm³/mol. The Balaban J connectivity index is 1.60. The highest BCUT2D eigenvalue weighted by molar-refractivity contribution is 7.99. The molecule has 1 aromatic carbocycles.